The number of carbonyl (C=O) groups excluding carboxylic acids is 2. The smallest absolute Gasteiger partial charge is 0.343 e. The molecular weight excluding hydrogens is 571 g/mol. The van der Waals surface area contributed by atoms with E-state index in [4.69, 9.17) is 14.2 Å². The first-order valence-corrected chi connectivity index (χ1v) is 15.8. The minimum absolute atomic E-state index is 0.0265. The van der Waals surface area contributed by atoms with Gasteiger partial charge in [0.25, 0.3) is 0 Å². The van der Waals surface area contributed by atoms with Gasteiger partial charge in [-0.05, 0) is 105 Å². The summed E-state index contributed by atoms with van der Waals surface area (Å²) >= 11 is 0. The third-order valence-electron chi connectivity index (χ3n) is 8.72. The third kappa shape index (κ3) is 8.09. The highest BCUT2D eigenvalue weighted by Gasteiger charge is 2.40. The molecule has 0 amide bonds. The summed E-state index contributed by atoms with van der Waals surface area (Å²) in [6.45, 7) is 14.4. The van der Waals surface area contributed by atoms with Crippen molar-refractivity contribution in [1.29, 1.82) is 0 Å². The van der Waals surface area contributed by atoms with Crippen molar-refractivity contribution in [1.82, 2.24) is 9.88 Å². The van der Waals surface area contributed by atoms with Crippen LogP contribution in [0, 0.1) is 23.1 Å². The van der Waals surface area contributed by atoms with Gasteiger partial charge in [-0.1, -0.05) is 39.0 Å². The number of carbonyl (C=O) groups is 2. The average molecular weight is 617 g/mol. The first kappa shape index (κ1) is 32.6. The monoisotopic (exact) mass is 616 g/mol. The average Bonchev–Trinajstić information content (AvgIpc) is 3.74. The van der Waals surface area contributed by atoms with Gasteiger partial charge in [0.15, 0.2) is 0 Å². The van der Waals surface area contributed by atoms with E-state index < -0.39 is 17.4 Å². The maximum absolute atomic E-state index is 15.1. The quantitative estimate of drug-likeness (QED) is 0.170. The number of benzene rings is 2. The number of methoxy groups -OCH3 is 1. The molecule has 2 aliphatic rings. The molecule has 0 radical (unpaired) electrons. The van der Waals surface area contributed by atoms with Crippen LogP contribution in [-0.2, 0) is 16.1 Å². The second kappa shape index (κ2) is 12.9. The van der Waals surface area contributed by atoms with Gasteiger partial charge < -0.3 is 14.2 Å². The molecular formula is C37H45FN2O5. The number of hydrogen-bond donors (Lipinski definition) is 0. The molecule has 0 bridgehead atoms. The van der Waals surface area contributed by atoms with Crippen LogP contribution in [0.4, 0.5) is 4.39 Å². The van der Waals surface area contributed by atoms with Gasteiger partial charge in [-0.2, -0.15) is 0 Å². The summed E-state index contributed by atoms with van der Waals surface area (Å²) in [4.78, 5) is 32.8. The number of nitrogens with zero attached hydrogens (tertiary/aromatic N) is 2. The molecule has 1 saturated heterocycles. The van der Waals surface area contributed by atoms with Gasteiger partial charge in [0, 0.05) is 24.7 Å². The maximum atomic E-state index is 15.1. The van der Waals surface area contributed by atoms with Crippen molar-refractivity contribution in [3.8, 4) is 22.8 Å². The predicted molar refractivity (Wildman–Crippen MR) is 172 cm³/mol. The van der Waals surface area contributed by atoms with Crippen LogP contribution in [0.15, 0.2) is 54.7 Å². The van der Waals surface area contributed by atoms with Gasteiger partial charge in [0.05, 0.1) is 24.8 Å². The molecule has 45 heavy (non-hydrogen) atoms. The molecule has 0 N–H and O–H groups in total. The minimum Gasteiger partial charge on any atom is -0.481 e. The number of hydrogen-bond acceptors (Lipinski definition) is 7. The largest absolute Gasteiger partial charge is 0.481 e. The lowest BCUT2D eigenvalue weighted by Gasteiger charge is -2.27. The van der Waals surface area contributed by atoms with Gasteiger partial charge in [0.2, 0.25) is 5.88 Å². The van der Waals surface area contributed by atoms with E-state index in [0.29, 0.717) is 40.8 Å². The number of aromatic nitrogens is 1. The summed E-state index contributed by atoms with van der Waals surface area (Å²) in [5.74, 6) is -0.434. The summed E-state index contributed by atoms with van der Waals surface area (Å²) in [5.41, 5.74) is 2.82. The molecule has 1 aliphatic heterocycles. The Hall–Kier alpha value is -3.78. The fraction of sp³-hybridized carbons (Fsp3) is 0.486. The van der Waals surface area contributed by atoms with Crippen molar-refractivity contribution in [2.24, 2.45) is 17.3 Å². The lowest BCUT2D eigenvalue weighted by molar-refractivity contribution is -0.160. The highest BCUT2D eigenvalue weighted by molar-refractivity contribution is 5.92. The lowest BCUT2D eigenvalue weighted by Crippen LogP contribution is -2.31. The van der Waals surface area contributed by atoms with Gasteiger partial charge in [0.1, 0.15) is 17.2 Å². The van der Waals surface area contributed by atoms with Crippen LogP contribution < -0.4 is 9.47 Å². The van der Waals surface area contributed by atoms with Crippen molar-refractivity contribution in [2.75, 3.05) is 20.2 Å². The normalized spacial score (nSPS) is 17.9. The van der Waals surface area contributed by atoms with E-state index in [-0.39, 0.29) is 23.2 Å². The Morgan fingerprint density at radius 1 is 1.09 bits per heavy atom. The molecule has 8 heteroatoms. The van der Waals surface area contributed by atoms with E-state index in [9.17, 15) is 9.59 Å². The van der Waals surface area contributed by atoms with Crippen LogP contribution in [0.2, 0.25) is 0 Å². The summed E-state index contributed by atoms with van der Waals surface area (Å²) in [6, 6.07) is 14.3. The lowest BCUT2D eigenvalue weighted by atomic mass is 9.83. The number of likely N-dealkylation sites (tertiary alicyclic amines) is 1. The second-order valence-electron chi connectivity index (χ2n) is 14.4. The molecule has 2 fully saturated rings. The fourth-order valence-electron chi connectivity index (χ4n) is 6.37. The molecule has 1 saturated carbocycles. The van der Waals surface area contributed by atoms with Crippen molar-refractivity contribution in [3.05, 3.63) is 77.2 Å². The topological polar surface area (TPSA) is 78.0 Å². The standard InChI is InChI=1S/C37H45FN2O5/c1-23(34(41)45-36(2,3)4)33(24-11-12-24)25-9-8-10-28(18-25)44-35(42)26-13-14-29(30-19-32(43-7)39-20-31(30)38)27(17-26)21-40-16-15-37(5,6)22-40/h8-10,13-14,17-20,23-24,33H,11-12,15-16,21-22H2,1-7H3/t23-,33-/m0/s1. The molecule has 0 unspecified atom stereocenters. The minimum atomic E-state index is -0.564. The van der Waals surface area contributed by atoms with Gasteiger partial charge in [-0.3, -0.25) is 9.69 Å². The van der Waals surface area contributed by atoms with Gasteiger partial charge in [-0.25, -0.2) is 14.2 Å². The number of halogens is 1. The second-order valence-corrected chi connectivity index (χ2v) is 14.4. The zero-order valence-electron chi connectivity index (χ0n) is 27.5. The zero-order chi connectivity index (χ0) is 32.5. The van der Waals surface area contributed by atoms with Crippen molar-refractivity contribution in [3.63, 3.8) is 0 Å². The summed E-state index contributed by atoms with van der Waals surface area (Å²) < 4.78 is 31.9. The molecule has 240 valence electrons. The summed E-state index contributed by atoms with van der Waals surface area (Å²) in [5, 5.41) is 0. The van der Waals surface area contributed by atoms with Crippen LogP contribution >= 0.6 is 0 Å². The predicted octanol–water partition coefficient (Wildman–Crippen LogP) is 7.82. The highest BCUT2D eigenvalue weighted by Crippen LogP contribution is 2.47. The number of pyridine rings is 1. The van der Waals surface area contributed by atoms with Crippen LogP contribution in [0.25, 0.3) is 11.1 Å². The molecule has 2 heterocycles. The van der Waals surface area contributed by atoms with E-state index in [2.05, 4.69) is 23.7 Å². The summed E-state index contributed by atoms with van der Waals surface area (Å²) in [6.07, 6.45) is 4.32. The van der Waals surface area contributed by atoms with Crippen molar-refractivity contribution < 1.29 is 28.2 Å². The molecule has 2 aromatic carbocycles. The van der Waals surface area contributed by atoms with Gasteiger partial charge >= 0.3 is 11.9 Å². The van der Waals surface area contributed by atoms with Crippen LogP contribution in [0.5, 0.6) is 11.6 Å². The molecule has 2 atom stereocenters. The Bertz CT molecular complexity index is 1560. The molecule has 5 rings (SSSR count). The van der Waals surface area contributed by atoms with Crippen LogP contribution in [0.3, 0.4) is 0 Å². The van der Waals surface area contributed by atoms with E-state index in [1.165, 1.54) is 7.11 Å². The Morgan fingerprint density at radius 2 is 1.84 bits per heavy atom. The van der Waals surface area contributed by atoms with E-state index in [0.717, 1.165) is 49.7 Å². The van der Waals surface area contributed by atoms with E-state index in [1.54, 1.807) is 30.3 Å². The summed E-state index contributed by atoms with van der Waals surface area (Å²) in [7, 11) is 1.50. The molecule has 1 aliphatic carbocycles. The Balaban J connectivity index is 1.41. The Kier molecular flexibility index (Phi) is 9.36. The Morgan fingerprint density at radius 3 is 2.49 bits per heavy atom. The van der Waals surface area contributed by atoms with Crippen LogP contribution in [-0.4, -0.2) is 47.6 Å². The van der Waals surface area contributed by atoms with Crippen LogP contribution in [0.1, 0.15) is 88.2 Å². The van der Waals surface area contributed by atoms with E-state index >= 15 is 4.39 Å². The molecule has 1 aromatic heterocycles. The van der Waals surface area contributed by atoms with Crippen molar-refractivity contribution in [2.45, 2.75) is 78.9 Å². The number of ether oxygens (including phenoxy) is 3. The molecule has 7 nitrogen and oxygen atoms in total. The first-order valence-electron chi connectivity index (χ1n) is 15.8. The SMILES string of the molecule is COc1cc(-c2ccc(C(=O)Oc3cccc([C@H](C4CC4)[C@H](C)C(=O)OC(C)(C)C)c3)cc2CN2CCC(C)(C)C2)c(F)cn1. The maximum Gasteiger partial charge on any atom is 0.343 e. The Labute approximate surface area is 266 Å². The van der Waals surface area contributed by atoms with E-state index in [1.807, 2.05) is 45.9 Å². The fourth-order valence-corrected chi connectivity index (χ4v) is 6.37. The number of esters is 2. The van der Waals surface area contributed by atoms with Gasteiger partial charge in [-0.15, -0.1) is 0 Å². The molecule has 0 spiro atoms. The molecule has 3 aromatic rings. The number of rotatable bonds is 10. The third-order valence-corrected chi connectivity index (χ3v) is 8.72. The first-order chi connectivity index (χ1) is 21.2. The zero-order valence-corrected chi connectivity index (χ0v) is 27.5. The highest BCUT2D eigenvalue weighted by atomic mass is 19.1. The van der Waals surface area contributed by atoms with Crippen molar-refractivity contribution >= 4 is 11.9 Å².